The summed E-state index contributed by atoms with van der Waals surface area (Å²) in [5, 5.41) is 5.61. The van der Waals surface area contributed by atoms with E-state index in [2.05, 4.69) is 10.6 Å². The van der Waals surface area contributed by atoms with Gasteiger partial charge in [-0.05, 0) is 41.0 Å². The molecular formula is C31H26FN3O4. The number of nitrogens with one attached hydrogen (secondary N) is 2. The number of hydrogen-bond acceptors (Lipinski definition) is 4. The van der Waals surface area contributed by atoms with Crippen LogP contribution in [0, 0.1) is 5.82 Å². The minimum absolute atomic E-state index is 0.0950. The van der Waals surface area contributed by atoms with Crippen molar-refractivity contribution < 1.29 is 23.5 Å². The van der Waals surface area contributed by atoms with Gasteiger partial charge in [0.2, 0.25) is 5.91 Å². The highest BCUT2D eigenvalue weighted by molar-refractivity contribution is 6.04. The maximum absolute atomic E-state index is 14.1. The second kappa shape index (κ2) is 11.6. The van der Waals surface area contributed by atoms with Crippen LogP contribution in [0.25, 0.3) is 0 Å². The third-order valence-corrected chi connectivity index (χ3v) is 6.45. The van der Waals surface area contributed by atoms with Gasteiger partial charge in [0.15, 0.2) is 12.1 Å². The van der Waals surface area contributed by atoms with Crippen LogP contribution in [0.4, 0.5) is 14.9 Å². The molecule has 39 heavy (non-hydrogen) atoms. The fourth-order valence-electron chi connectivity index (χ4n) is 4.52. The second-order valence-electron chi connectivity index (χ2n) is 9.13. The molecule has 7 nitrogen and oxygen atoms in total. The Labute approximate surface area is 225 Å². The van der Waals surface area contributed by atoms with Crippen molar-refractivity contribution in [2.45, 2.75) is 25.2 Å². The lowest BCUT2D eigenvalue weighted by Crippen LogP contribution is -2.46. The fraction of sp³-hybridized carbons (Fsp3) is 0.129. The topological polar surface area (TPSA) is 87.7 Å². The van der Waals surface area contributed by atoms with E-state index in [0.717, 1.165) is 11.1 Å². The molecule has 2 atom stereocenters. The Morgan fingerprint density at radius 3 is 2.21 bits per heavy atom. The van der Waals surface area contributed by atoms with E-state index in [1.165, 1.54) is 23.1 Å². The van der Waals surface area contributed by atoms with E-state index in [1.54, 1.807) is 30.3 Å². The van der Waals surface area contributed by atoms with Gasteiger partial charge in [-0.25, -0.2) is 9.18 Å². The number of ether oxygens (including phenoxy) is 1. The zero-order valence-corrected chi connectivity index (χ0v) is 20.9. The predicted octanol–water partition coefficient (Wildman–Crippen LogP) is 5.46. The van der Waals surface area contributed by atoms with Crippen molar-refractivity contribution in [1.29, 1.82) is 0 Å². The van der Waals surface area contributed by atoms with Crippen molar-refractivity contribution in [2.24, 2.45) is 0 Å². The van der Waals surface area contributed by atoms with E-state index in [4.69, 9.17) is 4.74 Å². The third kappa shape index (κ3) is 5.96. The molecule has 0 radical (unpaired) electrons. The van der Waals surface area contributed by atoms with Gasteiger partial charge in [-0.2, -0.15) is 0 Å². The Morgan fingerprint density at radius 2 is 1.49 bits per heavy atom. The Morgan fingerprint density at radius 1 is 0.821 bits per heavy atom. The lowest BCUT2D eigenvalue weighted by Gasteiger charge is -2.24. The van der Waals surface area contributed by atoms with Crippen LogP contribution in [0.5, 0.6) is 0 Å². The van der Waals surface area contributed by atoms with Crippen molar-refractivity contribution in [3.05, 3.63) is 137 Å². The molecule has 4 aromatic rings. The molecule has 1 aliphatic rings. The summed E-state index contributed by atoms with van der Waals surface area (Å²) in [5.74, 6) is -1.62. The molecule has 196 valence electrons. The van der Waals surface area contributed by atoms with Gasteiger partial charge >= 0.3 is 6.09 Å². The molecule has 0 saturated carbocycles. The van der Waals surface area contributed by atoms with Crippen LogP contribution in [0.15, 0.2) is 109 Å². The van der Waals surface area contributed by atoms with Crippen LogP contribution < -0.4 is 10.6 Å². The molecule has 1 heterocycles. The SMILES string of the molecule is O=C(Nc1cccc(C2OC(=O)N(Cc3ccccc3)C2C(=O)NCc2ccccc2)c1)c1ccccc1F. The van der Waals surface area contributed by atoms with E-state index in [0.29, 0.717) is 11.3 Å². The first-order valence-corrected chi connectivity index (χ1v) is 12.5. The molecule has 2 unspecified atom stereocenters. The number of anilines is 1. The van der Waals surface area contributed by atoms with Crippen LogP contribution in [0.1, 0.15) is 33.2 Å². The van der Waals surface area contributed by atoms with Gasteiger partial charge in [-0.15, -0.1) is 0 Å². The average molecular weight is 524 g/mol. The summed E-state index contributed by atoms with van der Waals surface area (Å²) in [6.07, 6.45) is -1.55. The Hall–Kier alpha value is -4.98. The van der Waals surface area contributed by atoms with Crippen molar-refractivity contribution in [1.82, 2.24) is 10.2 Å². The summed E-state index contributed by atoms with van der Waals surface area (Å²) < 4.78 is 19.8. The normalized spacial score (nSPS) is 16.4. The van der Waals surface area contributed by atoms with Crippen LogP contribution in [0.3, 0.4) is 0 Å². The number of carbonyl (C=O) groups is 3. The largest absolute Gasteiger partial charge is 0.438 e. The summed E-state index contributed by atoms with van der Waals surface area (Å²) in [6.45, 7) is 0.471. The number of hydrogen-bond donors (Lipinski definition) is 2. The zero-order chi connectivity index (χ0) is 27.2. The second-order valence-corrected chi connectivity index (χ2v) is 9.13. The first-order chi connectivity index (χ1) is 19.0. The van der Waals surface area contributed by atoms with Crippen LogP contribution in [0.2, 0.25) is 0 Å². The highest BCUT2D eigenvalue weighted by Crippen LogP contribution is 2.35. The van der Waals surface area contributed by atoms with Gasteiger partial charge in [0.1, 0.15) is 5.82 Å². The zero-order valence-electron chi connectivity index (χ0n) is 20.9. The van der Waals surface area contributed by atoms with Gasteiger partial charge in [0.05, 0.1) is 12.1 Å². The average Bonchev–Trinajstić information content (AvgIpc) is 3.29. The quantitative estimate of drug-likeness (QED) is 0.321. The number of halogens is 1. The Balaban J connectivity index is 1.41. The van der Waals surface area contributed by atoms with E-state index < -0.39 is 30.0 Å². The summed E-state index contributed by atoms with van der Waals surface area (Å²) in [5.41, 5.74) is 2.57. The van der Waals surface area contributed by atoms with Crippen molar-refractivity contribution in [3.8, 4) is 0 Å². The maximum Gasteiger partial charge on any atom is 0.411 e. The highest BCUT2D eigenvalue weighted by Gasteiger charge is 2.47. The first kappa shape index (κ1) is 25.7. The van der Waals surface area contributed by atoms with Crippen LogP contribution in [-0.2, 0) is 22.6 Å². The minimum atomic E-state index is -0.959. The maximum atomic E-state index is 14.1. The summed E-state index contributed by atoms with van der Waals surface area (Å²) in [6, 6.07) is 30.2. The number of rotatable bonds is 8. The molecule has 1 fully saturated rings. The van der Waals surface area contributed by atoms with Gasteiger partial charge in [-0.1, -0.05) is 84.9 Å². The molecule has 8 heteroatoms. The lowest BCUT2D eigenvalue weighted by atomic mass is 10.00. The number of carbonyl (C=O) groups excluding carboxylic acids is 3. The summed E-state index contributed by atoms with van der Waals surface area (Å²) in [7, 11) is 0. The van der Waals surface area contributed by atoms with Crippen molar-refractivity contribution in [2.75, 3.05) is 5.32 Å². The fourth-order valence-corrected chi connectivity index (χ4v) is 4.52. The number of nitrogens with zero attached hydrogens (tertiary/aromatic N) is 1. The molecule has 3 amide bonds. The molecule has 5 rings (SSSR count). The number of amides is 3. The monoisotopic (exact) mass is 523 g/mol. The molecule has 0 aromatic heterocycles. The summed E-state index contributed by atoms with van der Waals surface area (Å²) >= 11 is 0. The van der Waals surface area contributed by atoms with Gasteiger partial charge in [0, 0.05) is 12.2 Å². The van der Waals surface area contributed by atoms with Gasteiger partial charge < -0.3 is 15.4 Å². The van der Waals surface area contributed by atoms with E-state index >= 15 is 0 Å². The molecule has 1 saturated heterocycles. The first-order valence-electron chi connectivity index (χ1n) is 12.5. The standard InChI is InChI=1S/C31H26FN3O4/c32-26-17-8-7-16-25(26)29(36)34-24-15-9-14-23(18-24)28-27(30(37)33-19-21-10-3-1-4-11-21)35(31(38)39-28)20-22-12-5-2-6-13-22/h1-18,27-28H,19-20H2,(H,33,37)(H,34,36). The van der Waals surface area contributed by atoms with E-state index in [1.807, 2.05) is 60.7 Å². The number of cyclic esters (lactones) is 1. The number of benzene rings is 4. The lowest BCUT2D eigenvalue weighted by molar-refractivity contribution is -0.126. The Kier molecular flexibility index (Phi) is 7.63. The smallest absolute Gasteiger partial charge is 0.411 e. The van der Waals surface area contributed by atoms with Crippen LogP contribution >= 0.6 is 0 Å². The molecule has 4 aromatic carbocycles. The van der Waals surface area contributed by atoms with Crippen molar-refractivity contribution in [3.63, 3.8) is 0 Å². The molecule has 0 spiro atoms. The molecule has 1 aliphatic heterocycles. The van der Waals surface area contributed by atoms with Gasteiger partial charge in [-0.3, -0.25) is 14.5 Å². The molecule has 2 N–H and O–H groups in total. The van der Waals surface area contributed by atoms with Crippen molar-refractivity contribution >= 4 is 23.6 Å². The Bertz CT molecular complexity index is 1480. The van der Waals surface area contributed by atoms with Crippen LogP contribution in [-0.4, -0.2) is 28.8 Å². The van der Waals surface area contributed by atoms with E-state index in [9.17, 15) is 18.8 Å². The molecule has 0 aliphatic carbocycles. The summed E-state index contributed by atoms with van der Waals surface area (Å²) in [4.78, 5) is 40.7. The molecule has 0 bridgehead atoms. The highest BCUT2D eigenvalue weighted by atomic mass is 19.1. The third-order valence-electron chi connectivity index (χ3n) is 6.45. The molecular weight excluding hydrogens is 497 g/mol. The predicted molar refractivity (Wildman–Crippen MR) is 144 cm³/mol. The van der Waals surface area contributed by atoms with E-state index in [-0.39, 0.29) is 24.6 Å². The van der Waals surface area contributed by atoms with Gasteiger partial charge in [0.25, 0.3) is 5.91 Å². The minimum Gasteiger partial charge on any atom is -0.438 e.